The van der Waals surface area contributed by atoms with Gasteiger partial charge in [0.05, 0.1) is 11.3 Å². The van der Waals surface area contributed by atoms with E-state index in [9.17, 15) is 13.2 Å². The number of nitrogens with zero attached hydrogens (tertiary/aromatic N) is 1. The van der Waals surface area contributed by atoms with Crippen LogP contribution in [0.1, 0.15) is 10.5 Å². The Morgan fingerprint density at radius 1 is 1.64 bits per heavy atom. The maximum absolute atomic E-state index is 11.2. The van der Waals surface area contributed by atoms with Crippen molar-refractivity contribution in [2.24, 2.45) is 0 Å². The average Bonchev–Trinajstić information content (AvgIpc) is 2.53. The summed E-state index contributed by atoms with van der Waals surface area (Å²) in [6.45, 7) is 0.120. The Balaban J connectivity index is 2.37. The highest BCUT2D eigenvalue weighted by atomic mass is 32.2. The van der Waals surface area contributed by atoms with E-state index >= 15 is 0 Å². The summed E-state index contributed by atoms with van der Waals surface area (Å²) < 4.78 is 21.5. The minimum absolute atomic E-state index is 0.0527. The fourth-order valence-electron chi connectivity index (χ4n) is 0.765. The minimum atomic E-state index is -3.02. The third-order valence-corrected chi connectivity index (χ3v) is 2.96. The SMILES string of the molecule is CS(=O)(=O)CCNC(=O)c1cscn1. The quantitative estimate of drug-likeness (QED) is 0.790. The van der Waals surface area contributed by atoms with Gasteiger partial charge in [0.2, 0.25) is 0 Å². The molecule has 1 amide bonds. The first-order valence-corrected chi connectivity index (χ1v) is 6.83. The number of nitrogens with one attached hydrogen (secondary N) is 1. The zero-order chi connectivity index (χ0) is 10.6. The normalized spacial score (nSPS) is 11.2. The van der Waals surface area contributed by atoms with Crippen LogP contribution in [0.25, 0.3) is 0 Å². The average molecular weight is 234 g/mol. The van der Waals surface area contributed by atoms with E-state index in [0.717, 1.165) is 6.26 Å². The van der Waals surface area contributed by atoms with E-state index in [1.165, 1.54) is 11.3 Å². The molecular formula is C7H10N2O3S2. The van der Waals surface area contributed by atoms with Crippen LogP contribution < -0.4 is 5.32 Å². The number of sulfone groups is 1. The van der Waals surface area contributed by atoms with Crippen molar-refractivity contribution < 1.29 is 13.2 Å². The van der Waals surface area contributed by atoms with E-state index in [1.54, 1.807) is 10.9 Å². The van der Waals surface area contributed by atoms with Crippen molar-refractivity contribution in [2.45, 2.75) is 0 Å². The lowest BCUT2D eigenvalue weighted by Gasteiger charge is -2.00. The van der Waals surface area contributed by atoms with Crippen LogP contribution in [0.15, 0.2) is 10.9 Å². The molecule has 0 atom stereocenters. The smallest absolute Gasteiger partial charge is 0.270 e. The van der Waals surface area contributed by atoms with Gasteiger partial charge in [-0.25, -0.2) is 13.4 Å². The molecule has 0 saturated heterocycles. The molecule has 1 heterocycles. The Hall–Kier alpha value is -0.950. The van der Waals surface area contributed by atoms with Crippen molar-refractivity contribution in [3.05, 3.63) is 16.6 Å². The molecule has 78 valence electrons. The summed E-state index contributed by atoms with van der Waals surface area (Å²) in [7, 11) is -3.02. The molecule has 0 spiro atoms. The van der Waals surface area contributed by atoms with Gasteiger partial charge in [-0.05, 0) is 0 Å². The van der Waals surface area contributed by atoms with Crippen LogP contribution in [0, 0.1) is 0 Å². The molecular weight excluding hydrogens is 224 g/mol. The molecule has 0 fully saturated rings. The standard InChI is InChI=1S/C7H10N2O3S2/c1-14(11,12)3-2-8-7(10)6-4-13-5-9-6/h4-5H,2-3H2,1H3,(H,8,10). The van der Waals surface area contributed by atoms with E-state index < -0.39 is 9.84 Å². The fourth-order valence-corrected chi connectivity index (χ4v) is 1.77. The summed E-state index contributed by atoms with van der Waals surface area (Å²) >= 11 is 1.32. The summed E-state index contributed by atoms with van der Waals surface area (Å²) in [5.41, 5.74) is 1.87. The van der Waals surface area contributed by atoms with Gasteiger partial charge in [-0.15, -0.1) is 11.3 Å². The van der Waals surface area contributed by atoms with Gasteiger partial charge in [-0.3, -0.25) is 4.79 Å². The Kier molecular flexibility index (Phi) is 3.59. The molecule has 0 saturated carbocycles. The number of amides is 1. The van der Waals surface area contributed by atoms with Crippen LogP contribution in [-0.4, -0.2) is 37.9 Å². The van der Waals surface area contributed by atoms with Crippen molar-refractivity contribution in [1.82, 2.24) is 10.3 Å². The summed E-state index contributed by atoms with van der Waals surface area (Å²) in [5, 5.41) is 4.07. The molecule has 14 heavy (non-hydrogen) atoms. The third kappa shape index (κ3) is 3.84. The lowest BCUT2D eigenvalue weighted by Crippen LogP contribution is -2.28. The monoisotopic (exact) mass is 234 g/mol. The zero-order valence-electron chi connectivity index (χ0n) is 7.56. The maximum Gasteiger partial charge on any atom is 0.270 e. The van der Waals surface area contributed by atoms with Crippen molar-refractivity contribution >= 4 is 27.1 Å². The van der Waals surface area contributed by atoms with Gasteiger partial charge < -0.3 is 5.32 Å². The highest BCUT2D eigenvalue weighted by Crippen LogP contribution is 1.99. The highest BCUT2D eigenvalue weighted by Gasteiger charge is 2.08. The van der Waals surface area contributed by atoms with Crippen LogP contribution >= 0.6 is 11.3 Å². The molecule has 1 aromatic rings. The molecule has 1 aromatic heterocycles. The van der Waals surface area contributed by atoms with E-state index in [0.29, 0.717) is 5.69 Å². The van der Waals surface area contributed by atoms with Crippen LogP contribution in [0.4, 0.5) is 0 Å². The second-order valence-electron chi connectivity index (χ2n) is 2.76. The Morgan fingerprint density at radius 3 is 2.86 bits per heavy atom. The van der Waals surface area contributed by atoms with E-state index in [2.05, 4.69) is 10.3 Å². The Labute approximate surface area is 86.1 Å². The molecule has 0 bridgehead atoms. The van der Waals surface area contributed by atoms with Gasteiger partial charge in [-0.2, -0.15) is 0 Å². The highest BCUT2D eigenvalue weighted by molar-refractivity contribution is 7.90. The number of carbonyl (C=O) groups excluding carboxylic acids is 1. The largest absolute Gasteiger partial charge is 0.350 e. The van der Waals surface area contributed by atoms with Crippen LogP contribution in [0.5, 0.6) is 0 Å². The van der Waals surface area contributed by atoms with Crippen molar-refractivity contribution in [1.29, 1.82) is 0 Å². The fraction of sp³-hybridized carbons (Fsp3) is 0.429. The molecule has 0 aliphatic rings. The number of hydrogen-bond donors (Lipinski definition) is 1. The predicted molar refractivity (Wildman–Crippen MR) is 54.2 cm³/mol. The van der Waals surface area contributed by atoms with Gasteiger partial charge in [0.25, 0.3) is 5.91 Å². The number of thiazole rings is 1. The van der Waals surface area contributed by atoms with Crippen LogP contribution in [0.3, 0.4) is 0 Å². The molecule has 0 unspecified atom stereocenters. The van der Waals surface area contributed by atoms with Gasteiger partial charge in [0.1, 0.15) is 15.5 Å². The van der Waals surface area contributed by atoms with Crippen molar-refractivity contribution in [2.75, 3.05) is 18.6 Å². The van der Waals surface area contributed by atoms with Crippen molar-refractivity contribution in [3.8, 4) is 0 Å². The van der Waals surface area contributed by atoms with E-state index in [1.807, 2.05) is 0 Å². The molecule has 0 radical (unpaired) electrons. The predicted octanol–water partition coefficient (Wildman–Crippen LogP) is -0.0825. The molecule has 7 heteroatoms. The topological polar surface area (TPSA) is 76.1 Å². The molecule has 1 N–H and O–H groups in total. The Morgan fingerprint density at radius 2 is 2.36 bits per heavy atom. The van der Waals surface area contributed by atoms with E-state index in [-0.39, 0.29) is 18.2 Å². The van der Waals surface area contributed by atoms with Crippen LogP contribution in [-0.2, 0) is 9.84 Å². The zero-order valence-corrected chi connectivity index (χ0v) is 9.19. The first-order valence-electron chi connectivity index (χ1n) is 3.83. The summed E-state index contributed by atoms with van der Waals surface area (Å²) in [4.78, 5) is 15.0. The molecule has 1 rings (SSSR count). The third-order valence-electron chi connectivity index (χ3n) is 1.42. The lowest BCUT2D eigenvalue weighted by molar-refractivity contribution is 0.0952. The maximum atomic E-state index is 11.2. The number of aromatic nitrogens is 1. The molecule has 0 aromatic carbocycles. The number of hydrogen-bond acceptors (Lipinski definition) is 5. The second kappa shape index (κ2) is 4.52. The van der Waals surface area contributed by atoms with Crippen molar-refractivity contribution in [3.63, 3.8) is 0 Å². The summed E-state index contributed by atoms with van der Waals surface area (Å²) in [5.74, 6) is -0.391. The molecule has 0 aliphatic heterocycles. The van der Waals surface area contributed by atoms with E-state index in [4.69, 9.17) is 0 Å². The minimum Gasteiger partial charge on any atom is -0.350 e. The Bertz CT molecular complexity index is 397. The second-order valence-corrected chi connectivity index (χ2v) is 5.74. The first-order chi connectivity index (χ1) is 6.49. The number of carbonyl (C=O) groups is 1. The van der Waals surface area contributed by atoms with Gasteiger partial charge >= 0.3 is 0 Å². The summed E-state index contributed by atoms with van der Waals surface area (Å²) in [6.07, 6.45) is 1.13. The molecule has 0 aliphatic carbocycles. The summed E-state index contributed by atoms with van der Waals surface area (Å²) in [6, 6.07) is 0. The van der Waals surface area contributed by atoms with Gasteiger partial charge in [0, 0.05) is 18.2 Å². The van der Waals surface area contributed by atoms with Gasteiger partial charge in [-0.1, -0.05) is 0 Å². The lowest BCUT2D eigenvalue weighted by atomic mass is 10.4. The number of rotatable bonds is 4. The van der Waals surface area contributed by atoms with Gasteiger partial charge in [0.15, 0.2) is 0 Å². The molecule has 5 nitrogen and oxygen atoms in total. The first kappa shape index (κ1) is 11.1. The van der Waals surface area contributed by atoms with Crippen LogP contribution in [0.2, 0.25) is 0 Å².